The van der Waals surface area contributed by atoms with Crippen LogP contribution in [0.1, 0.15) is 19.8 Å². The Balaban J connectivity index is 3.07. The molecule has 0 atom stereocenters. The molecular weight excluding hydrogens is 162 g/mol. The van der Waals surface area contributed by atoms with E-state index in [9.17, 15) is 8.78 Å². The summed E-state index contributed by atoms with van der Waals surface area (Å²) in [5.41, 5.74) is 0. The summed E-state index contributed by atoms with van der Waals surface area (Å²) in [5.74, 6) is 0.493. The van der Waals surface area contributed by atoms with Gasteiger partial charge in [-0.05, 0) is 12.2 Å². The molecule has 0 heterocycles. The van der Waals surface area contributed by atoms with Crippen molar-refractivity contribution in [3.63, 3.8) is 0 Å². The predicted molar refractivity (Wildman–Crippen MR) is 41.3 cm³/mol. The second-order valence-corrected chi connectivity index (χ2v) is 3.76. The summed E-state index contributed by atoms with van der Waals surface area (Å²) in [6, 6.07) is 0. The van der Waals surface area contributed by atoms with E-state index in [4.69, 9.17) is 0 Å². The highest BCUT2D eigenvalue weighted by molar-refractivity contribution is 8.10. The molecule has 0 aromatic carbocycles. The van der Waals surface area contributed by atoms with E-state index in [1.165, 1.54) is 0 Å². The van der Waals surface area contributed by atoms with Gasteiger partial charge in [0.1, 0.15) is 0 Å². The third kappa shape index (κ3) is 8.56. The Bertz CT molecular complexity index is 69.8. The van der Waals surface area contributed by atoms with Crippen molar-refractivity contribution >= 4 is 24.4 Å². The van der Waals surface area contributed by atoms with Crippen molar-refractivity contribution in [1.82, 2.24) is 0 Å². The van der Waals surface area contributed by atoms with E-state index in [2.05, 4.69) is 12.6 Å². The van der Waals surface area contributed by atoms with Gasteiger partial charge < -0.3 is 0 Å². The van der Waals surface area contributed by atoms with Crippen LogP contribution in [0.2, 0.25) is 0 Å². The summed E-state index contributed by atoms with van der Waals surface area (Å²) < 4.78 is 20.9. The van der Waals surface area contributed by atoms with Crippen LogP contribution in [0, 0.1) is 0 Å². The number of alkyl halides is 2. The Morgan fingerprint density at radius 1 is 1.56 bits per heavy atom. The van der Waals surface area contributed by atoms with E-state index >= 15 is 0 Å². The Morgan fingerprint density at radius 2 is 2.11 bits per heavy atom. The van der Waals surface area contributed by atoms with Crippen LogP contribution >= 0.6 is 24.4 Å². The van der Waals surface area contributed by atoms with Gasteiger partial charge in [0.2, 0.25) is 0 Å². The van der Waals surface area contributed by atoms with E-state index < -0.39 is 4.59 Å². The fourth-order valence-electron chi connectivity index (χ4n) is 0.339. The first-order valence-corrected chi connectivity index (χ1v) is 4.23. The minimum absolute atomic E-state index is 0.493. The molecule has 4 heteroatoms. The number of hydrogen-bond donors (Lipinski definition) is 1. The molecular formula is C5H10F2S2. The summed E-state index contributed by atoms with van der Waals surface area (Å²) in [6.07, 6.45) is 1.79. The molecule has 0 nitrogen and oxygen atoms in total. The lowest BCUT2D eigenvalue weighted by Crippen LogP contribution is -1.99. The zero-order chi connectivity index (χ0) is 7.33. The molecule has 0 rings (SSSR count). The molecule has 0 fully saturated rings. The molecule has 0 radical (unpaired) electrons. The standard InChI is InChI=1S/C5H10F2S2/c1-2-3-4-9-5(6,7)8/h8H,2-4H2,1H3. The highest BCUT2D eigenvalue weighted by atomic mass is 32.2. The molecule has 0 aliphatic carbocycles. The van der Waals surface area contributed by atoms with Crippen LogP contribution in [0.15, 0.2) is 0 Å². The molecule has 0 N–H and O–H groups in total. The highest BCUT2D eigenvalue weighted by Crippen LogP contribution is 2.32. The van der Waals surface area contributed by atoms with Crippen LogP contribution in [-0.4, -0.2) is 10.3 Å². The first-order valence-electron chi connectivity index (χ1n) is 2.80. The minimum Gasteiger partial charge on any atom is -0.183 e. The lowest BCUT2D eigenvalue weighted by molar-refractivity contribution is 0.215. The molecule has 0 bridgehead atoms. The molecule has 0 unspecified atom stereocenters. The smallest absolute Gasteiger partial charge is 0.183 e. The van der Waals surface area contributed by atoms with Crippen LogP contribution in [0.5, 0.6) is 0 Å². The second kappa shape index (κ2) is 4.39. The Labute approximate surface area is 63.8 Å². The summed E-state index contributed by atoms with van der Waals surface area (Å²) in [6.45, 7) is 1.97. The van der Waals surface area contributed by atoms with E-state index in [1.807, 2.05) is 6.92 Å². The third-order valence-electron chi connectivity index (χ3n) is 0.774. The average molecular weight is 172 g/mol. The molecule has 0 spiro atoms. The van der Waals surface area contributed by atoms with Gasteiger partial charge in [-0.1, -0.05) is 37.7 Å². The largest absolute Gasteiger partial charge is 0.339 e. The number of unbranched alkanes of at least 4 members (excludes halogenated alkanes) is 1. The van der Waals surface area contributed by atoms with Gasteiger partial charge in [-0.15, -0.1) is 0 Å². The molecule has 9 heavy (non-hydrogen) atoms. The van der Waals surface area contributed by atoms with Gasteiger partial charge in [0.25, 0.3) is 0 Å². The Hall–Kier alpha value is 0.560. The van der Waals surface area contributed by atoms with Crippen molar-refractivity contribution in [3.05, 3.63) is 0 Å². The third-order valence-corrected chi connectivity index (χ3v) is 2.00. The van der Waals surface area contributed by atoms with Crippen LogP contribution in [0.25, 0.3) is 0 Å². The maximum Gasteiger partial charge on any atom is 0.339 e. The van der Waals surface area contributed by atoms with E-state index in [1.54, 1.807) is 0 Å². The van der Waals surface area contributed by atoms with Gasteiger partial charge in [-0.2, -0.15) is 8.78 Å². The van der Waals surface area contributed by atoms with E-state index in [0.717, 1.165) is 12.8 Å². The maximum atomic E-state index is 11.9. The summed E-state index contributed by atoms with van der Waals surface area (Å²) >= 11 is 3.65. The first kappa shape index (κ1) is 9.56. The lowest BCUT2D eigenvalue weighted by atomic mass is 10.4. The quantitative estimate of drug-likeness (QED) is 0.386. The van der Waals surface area contributed by atoms with Crippen LogP contribution in [0.3, 0.4) is 0 Å². The van der Waals surface area contributed by atoms with Gasteiger partial charge in [0, 0.05) is 0 Å². The molecule has 0 amide bonds. The molecule has 56 valence electrons. The fourth-order valence-corrected chi connectivity index (χ4v) is 1.29. The topological polar surface area (TPSA) is 0 Å². The van der Waals surface area contributed by atoms with Crippen LogP contribution < -0.4 is 0 Å². The molecule has 0 saturated heterocycles. The number of thiol groups is 1. The number of halogens is 2. The lowest BCUT2D eigenvalue weighted by Gasteiger charge is -2.06. The zero-order valence-corrected chi connectivity index (χ0v) is 6.94. The van der Waals surface area contributed by atoms with Crippen molar-refractivity contribution in [2.75, 3.05) is 5.75 Å². The van der Waals surface area contributed by atoms with Crippen molar-refractivity contribution in [2.24, 2.45) is 0 Å². The highest BCUT2D eigenvalue weighted by Gasteiger charge is 2.21. The first-order chi connectivity index (χ1) is 4.06. The SMILES string of the molecule is CCCCSC(F)(F)S. The van der Waals surface area contributed by atoms with E-state index in [-0.39, 0.29) is 0 Å². The normalized spacial score (nSPS) is 12.0. The maximum absolute atomic E-state index is 11.9. The van der Waals surface area contributed by atoms with Crippen molar-refractivity contribution in [1.29, 1.82) is 0 Å². The van der Waals surface area contributed by atoms with E-state index in [0.29, 0.717) is 17.5 Å². The van der Waals surface area contributed by atoms with Gasteiger partial charge in [-0.25, -0.2) is 0 Å². The fraction of sp³-hybridized carbons (Fsp3) is 1.00. The van der Waals surface area contributed by atoms with Gasteiger partial charge >= 0.3 is 4.59 Å². The average Bonchev–Trinajstić information content (AvgIpc) is 1.63. The zero-order valence-electron chi connectivity index (χ0n) is 5.23. The number of thioether (sulfide) groups is 1. The minimum atomic E-state index is -2.84. The summed E-state index contributed by atoms with van der Waals surface area (Å²) in [7, 11) is 0. The summed E-state index contributed by atoms with van der Waals surface area (Å²) in [4.78, 5) is 0. The molecule has 0 aromatic heterocycles. The van der Waals surface area contributed by atoms with Crippen LogP contribution in [0.4, 0.5) is 8.78 Å². The molecule has 0 aliphatic heterocycles. The molecule has 0 aromatic rings. The van der Waals surface area contributed by atoms with Gasteiger partial charge in [-0.3, -0.25) is 0 Å². The van der Waals surface area contributed by atoms with Gasteiger partial charge in [0.15, 0.2) is 0 Å². The number of hydrogen-bond acceptors (Lipinski definition) is 2. The molecule has 0 saturated carbocycles. The monoisotopic (exact) mass is 172 g/mol. The number of rotatable bonds is 4. The van der Waals surface area contributed by atoms with Crippen molar-refractivity contribution in [2.45, 2.75) is 24.4 Å². The Kier molecular flexibility index (Phi) is 4.66. The second-order valence-electron chi connectivity index (χ2n) is 1.69. The predicted octanol–water partition coefficient (Wildman–Crippen LogP) is 3.00. The van der Waals surface area contributed by atoms with Crippen LogP contribution in [-0.2, 0) is 0 Å². The molecule has 0 aliphatic rings. The Morgan fingerprint density at radius 3 is 2.44 bits per heavy atom. The van der Waals surface area contributed by atoms with Gasteiger partial charge in [0.05, 0.1) is 0 Å². The van der Waals surface area contributed by atoms with Crippen molar-refractivity contribution in [3.8, 4) is 0 Å². The van der Waals surface area contributed by atoms with Crippen molar-refractivity contribution < 1.29 is 8.78 Å². The summed E-state index contributed by atoms with van der Waals surface area (Å²) in [5, 5.41) is 0.